The number of aliphatic hydroxyl groups is 1. The Labute approximate surface area is 250 Å². The fourth-order valence-electron chi connectivity index (χ4n) is 5.45. The van der Waals surface area contributed by atoms with E-state index in [1.165, 1.54) is 7.11 Å². The molecule has 2 fully saturated rings. The minimum atomic E-state index is -3.53. The van der Waals surface area contributed by atoms with Crippen LogP contribution in [0.5, 0.6) is 5.75 Å². The van der Waals surface area contributed by atoms with Gasteiger partial charge in [-0.25, -0.2) is 0 Å². The van der Waals surface area contributed by atoms with Gasteiger partial charge in [0.2, 0.25) is 0 Å². The lowest BCUT2D eigenvalue weighted by Gasteiger charge is -2.30. The molecule has 10 nitrogen and oxygen atoms in total. The van der Waals surface area contributed by atoms with E-state index in [0.717, 1.165) is 81.6 Å². The first-order valence-corrected chi connectivity index (χ1v) is 16.7. The Hall–Kier alpha value is -1.85. The maximum Gasteiger partial charge on any atom is 0.361 e. The molecule has 2 heterocycles. The number of rotatable bonds is 15. The van der Waals surface area contributed by atoms with Gasteiger partial charge in [-0.3, -0.25) is 14.4 Å². The van der Waals surface area contributed by atoms with Crippen molar-refractivity contribution in [1.82, 2.24) is 9.80 Å². The van der Waals surface area contributed by atoms with E-state index >= 15 is 0 Å². The second kappa shape index (κ2) is 16.3. The predicted molar refractivity (Wildman–Crippen MR) is 165 cm³/mol. The highest BCUT2D eigenvalue weighted by Crippen LogP contribution is 2.47. The second-order valence-electron chi connectivity index (χ2n) is 11.3. The third-order valence-electron chi connectivity index (χ3n) is 8.04. The number of methoxy groups -OCH3 is 1. The molecule has 2 aromatic rings. The average Bonchev–Trinajstić information content (AvgIpc) is 2.99. The number of nitrogens with zero attached hydrogens (tertiary/aromatic N) is 2. The molecule has 2 saturated heterocycles. The quantitative estimate of drug-likeness (QED) is 0.206. The monoisotopic (exact) mass is 604 g/mol. The molecule has 0 aromatic heterocycles. The Morgan fingerprint density at radius 2 is 1.48 bits per heavy atom. The second-order valence-corrected chi connectivity index (χ2v) is 13.4. The molecule has 2 aliphatic rings. The van der Waals surface area contributed by atoms with Crippen LogP contribution in [0.25, 0.3) is 0 Å². The minimum Gasteiger partial charge on any atom is -0.488 e. The number of hydrogen-bond donors (Lipinski definition) is 3. The summed E-state index contributed by atoms with van der Waals surface area (Å²) in [6.45, 7) is 7.85. The van der Waals surface area contributed by atoms with E-state index < -0.39 is 13.9 Å². The van der Waals surface area contributed by atoms with Gasteiger partial charge in [0.25, 0.3) is 0 Å². The van der Waals surface area contributed by atoms with Gasteiger partial charge in [-0.2, -0.15) is 0 Å². The van der Waals surface area contributed by atoms with Crippen LogP contribution in [0, 0.1) is 0 Å². The molecule has 2 unspecified atom stereocenters. The van der Waals surface area contributed by atoms with Crippen LogP contribution >= 0.6 is 7.60 Å². The zero-order valence-corrected chi connectivity index (χ0v) is 26.1. The summed E-state index contributed by atoms with van der Waals surface area (Å²) in [5, 5.41) is 10.4. The molecule has 11 heteroatoms. The van der Waals surface area contributed by atoms with Crippen molar-refractivity contribution in [2.45, 2.75) is 70.5 Å². The fourth-order valence-corrected chi connectivity index (χ4v) is 7.01. The van der Waals surface area contributed by atoms with Crippen LogP contribution < -0.4 is 21.5 Å². The number of likely N-dealkylation sites (tertiary alicyclic amines) is 2. The molecule has 0 bridgehead atoms. The van der Waals surface area contributed by atoms with Crippen LogP contribution in [0.15, 0.2) is 42.5 Å². The first-order valence-electron chi connectivity index (χ1n) is 15.2. The van der Waals surface area contributed by atoms with Gasteiger partial charge in [-0.15, -0.1) is 0 Å². The summed E-state index contributed by atoms with van der Waals surface area (Å²) in [5.74, 6) is 0.633. The standard InChI is InChI=1S/C31H49N4O6P/c1-3-40-42(37,29-7-4-24(5-8-29)21-34-15-10-27(32)11-16-34)41-19-14-26-20-25(22-35-17-12-28(33)13-18-35)6-9-30(26)39-23-31(36)38-2/h4-9,20,27-28,31,36H,3,10-19,21-23,32-33H2,1-2H3. The lowest BCUT2D eigenvalue weighted by atomic mass is 10.0. The summed E-state index contributed by atoms with van der Waals surface area (Å²) in [7, 11) is -2.10. The van der Waals surface area contributed by atoms with Crippen molar-refractivity contribution in [3.63, 3.8) is 0 Å². The highest BCUT2D eigenvalue weighted by Gasteiger charge is 2.28. The Balaban J connectivity index is 1.41. The molecule has 0 radical (unpaired) electrons. The number of nitrogens with two attached hydrogens (primary N) is 2. The molecule has 4 rings (SSSR count). The Bertz CT molecular complexity index is 1140. The zero-order chi connectivity index (χ0) is 30.0. The van der Waals surface area contributed by atoms with Gasteiger partial charge >= 0.3 is 7.60 Å². The van der Waals surface area contributed by atoms with Gasteiger partial charge < -0.3 is 35.1 Å². The number of hydrogen-bond acceptors (Lipinski definition) is 10. The summed E-state index contributed by atoms with van der Waals surface area (Å²) in [6, 6.07) is 14.3. The van der Waals surface area contributed by atoms with Crippen LogP contribution in [0.1, 0.15) is 49.3 Å². The normalized spacial score (nSPS) is 19.9. The van der Waals surface area contributed by atoms with E-state index in [1.54, 1.807) is 0 Å². The summed E-state index contributed by atoms with van der Waals surface area (Å²) < 4.78 is 36.4. The van der Waals surface area contributed by atoms with E-state index in [1.807, 2.05) is 43.3 Å². The van der Waals surface area contributed by atoms with Crippen molar-refractivity contribution in [3.05, 3.63) is 59.2 Å². The highest BCUT2D eigenvalue weighted by molar-refractivity contribution is 7.62. The molecular formula is C31H49N4O6P. The largest absolute Gasteiger partial charge is 0.488 e. The van der Waals surface area contributed by atoms with Crippen molar-refractivity contribution in [3.8, 4) is 5.75 Å². The Morgan fingerprint density at radius 3 is 2.05 bits per heavy atom. The van der Waals surface area contributed by atoms with Gasteiger partial charge in [0.1, 0.15) is 12.4 Å². The van der Waals surface area contributed by atoms with E-state index in [0.29, 0.717) is 23.5 Å². The summed E-state index contributed by atoms with van der Waals surface area (Å²) in [4.78, 5) is 4.80. The molecule has 0 aliphatic carbocycles. The summed E-state index contributed by atoms with van der Waals surface area (Å²) in [6.07, 6.45) is 3.46. The maximum absolute atomic E-state index is 13.9. The first kappa shape index (κ1) is 33.1. The maximum atomic E-state index is 13.9. The van der Waals surface area contributed by atoms with E-state index in [-0.39, 0.29) is 25.9 Å². The van der Waals surface area contributed by atoms with Gasteiger partial charge in [-0.1, -0.05) is 24.3 Å². The molecule has 0 saturated carbocycles. The smallest absolute Gasteiger partial charge is 0.361 e. The third kappa shape index (κ3) is 9.84. The van der Waals surface area contributed by atoms with Crippen molar-refractivity contribution >= 4 is 12.9 Å². The summed E-state index contributed by atoms with van der Waals surface area (Å²) in [5.41, 5.74) is 15.3. The molecule has 234 valence electrons. The Morgan fingerprint density at radius 1 is 0.905 bits per heavy atom. The van der Waals surface area contributed by atoms with Crippen LogP contribution in [-0.2, 0) is 37.9 Å². The van der Waals surface area contributed by atoms with Crippen molar-refractivity contribution in [2.24, 2.45) is 11.5 Å². The number of piperidine rings is 2. The third-order valence-corrected chi connectivity index (χ3v) is 10.1. The Kier molecular flexibility index (Phi) is 12.8. The number of ether oxygens (including phenoxy) is 2. The summed E-state index contributed by atoms with van der Waals surface area (Å²) >= 11 is 0. The molecule has 2 aromatic carbocycles. The SMILES string of the molecule is CCOP(=O)(OCCc1cc(CN2CCC(N)CC2)ccc1OCC(O)OC)c1ccc(CN2CCC(N)CC2)cc1. The highest BCUT2D eigenvalue weighted by atomic mass is 31.2. The average molecular weight is 605 g/mol. The van der Waals surface area contributed by atoms with Crippen LogP contribution in [0.3, 0.4) is 0 Å². The van der Waals surface area contributed by atoms with Crippen LogP contribution in [-0.4, -0.2) is 86.4 Å². The molecule has 42 heavy (non-hydrogen) atoms. The lowest BCUT2D eigenvalue weighted by molar-refractivity contribution is -0.0969. The van der Waals surface area contributed by atoms with E-state index in [4.69, 9.17) is 30.0 Å². The van der Waals surface area contributed by atoms with E-state index in [9.17, 15) is 9.67 Å². The number of benzene rings is 2. The fraction of sp³-hybridized carbons (Fsp3) is 0.613. The topological polar surface area (TPSA) is 133 Å². The zero-order valence-electron chi connectivity index (χ0n) is 25.2. The molecule has 5 N–H and O–H groups in total. The predicted octanol–water partition coefficient (Wildman–Crippen LogP) is 2.99. The number of aliphatic hydroxyl groups excluding tert-OH is 1. The van der Waals surface area contributed by atoms with Crippen molar-refractivity contribution < 1.29 is 28.2 Å². The van der Waals surface area contributed by atoms with Gasteiger partial charge in [0.05, 0.1) is 18.5 Å². The molecule has 0 spiro atoms. The molecule has 0 amide bonds. The molecule has 2 atom stereocenters. The lowest BCUT2D eigenvalue weighted by Crippen LogP contribution is -2.39. The van der Waals surface area contributed by atoms with Crippen LogP contribution in [0.2, 0.25) is 0 Å². The van der Waals surface area contributed by atoms with Gasteiger partial charge in [0, 0.05) is 32.3 Å². The first-order chi connectivity index (χ1) is 20.3. The van der Waals surface area contributed by atoms with Crippen LogP contribution in [0.4, 0.5) is 0 Å². The molecular weight excluding hydrogens is 555 g/mol. The van der Waals surface area contributed by atoms with E-state index in [2.05, 4.69) is 15.9 Å². The van der Waals surface area contributed by atoms with Gasteiger partial charge in [0.15, 0.2) is 6.29 Å². The molecule has 2 aliphatic heterocycles. The minimum absolute atomic E-state index is 0.00172. The van der Waals surface area contributed by atoms with Crippen molar-refractivity contribution in [2.75, 3.05) is 53.1 Å². The van der Waals surface area contributed by atoms with Gasteiger partial charge in [-0.05, 0) is 100 Å². The van der Waals surface area contributed by atoms with Crippen molar-refractivity contribution in [1.29, 1.82) is 0 Å².